The lowest BCUT2D eigenvalue weighted by Gasteiger charge is -2.35. The summed E-state index contributed by atoms with van der Waals surface area (Å²) in [6.45, 7) is 11.4. The van der Waals surface area contributed by atoms with Gasteiger partial charge in [-0.15, -0.1) is 5.10 Å². The molecular formula is C27H37N5O3. The van der Waals surface area contributed by atoms with E-state index in [0.29, 0.717) is 26.2 Å². The average Bonchev–Trinajstić information content (AvgIpc) is 3.24. The number of carbonyl (C=O) groups is 2. The van der Waals surface area contributed by atoms with Crippen LogP contribution in [-0.2, 0) is 20.9 Å². The highest BCUT2D eigenvalue weighted by molar-refractivity contribution is 5.90. The molecule has 1 heterocycles. The summed E-state index contributed by atoms with van der Waals surface area (Å²) < 4.78 is 7.12. The van der Waals surface area contributed by atoms with Crippen molar-refractivity contribution in [1.29, 1.82) is 0 Å². The molecule has 0 aliphatic rings. The Bertz CT molecular complexity index is 1140. The fourth-order valence-corrected chi connectivity index (χ4v) is 3.97. The zero-order valence-electron chi connectivity index (χ0n) is 21.5. The van der Waals surface area contributed by atoms with Crippen molar-refractivity contribution in [2.45, 2.75) is 65.6 Å². The maximum absolute atomic E-state index is 13.8. The van der Waals surface area contributed by atoms with Crippen molar-refractivity contribution in [1.82, 2.24) is 25.2 Å². The number of carbonyl (C=O) groups excluding carboxylic acids is 2. The topological polar surface area (TPSA) is 89.3 Å². The lowest BCUT2D eigenvalue weighted by molar-refractivity contribution is -0.142. The van der Waals surface area contributed by atoms with Crippen molar-refractivity contribution < 1.29 is 14.3 Å². The van der Waals surface area contributed by atoms with E-state index in [2.05, 4.69) is 15.6 Å². The highest BCUT2D eigenvalue weighted by Crippen LogP contribution is 2.27. The second-order valence-corrected chi connectivity index (χ2v) is 9.36. The van der Waals surface area contributed by atoms with E-state index in [0.717, 1.165) is 28.6 Å². The molecule has 0 bridgehead atoms. The van der Waals surface area contributed by atoms with E-state index in [1.807, 2.05) is 83.1 Å². The van der Waals surface area contributed by atoms with Crippen molar-refractivity contribution in [2.75, 3.05) is 19.8 Å². The molecule has 0 fully saturated rings. The Morgan fingerprint density at radius 3 is 2.54 bits per heavy atom. The molecule has 0 radical (unpaired) electrons. The molecule has 1 atom stereocenters. The molecule has 2 aromatic carbocycles. The molecular weight excluding hydrogens is 442 g/mol. The zero-order valence-corrected chi connectivity index (χ0v) is 21.5. The quantitative estimate of drug-likeness (QED) is 0.396. The van der Waals surface area contributed by atoms with Gasteiger partial charge in [0.2, 0.25) is 11.8 Å². The summed E-state index contributed by atoms with van der Waals surface area (Å²) in [5.41, 5.74) is 2.86. The van der Waals surface area contributed by atoms with Crippen LogP contribution in [0.5, 0.6) is 0 Å². The summed E-state index contributed by atoms with van der Waals surface area (Å²) in [7, 11) is 0. The summed E-state index contributed by atoms with van der Waals surface area (Å²) >= 11 is 0. The van der Waals surface area contributed by atoms with Crippen molar-refractivity contribution >= 4 is 22.8 Å². The number of aromatic nitrogens is 3. The molecule has 1 aromatic heterocycles. The third-order valence-corrected chi connectivity index (χ3v) is 6.31. The van der Waals surface area contributed by atoms with E-state index >= 15 is 0 Å². The third kappa shape index (κ3) is 6.66. The van der Waals surface area contributed by atoms with Gasteiger partial charge in [0.05, 0.1) is 5.52 Å². The summed E-state index contributed by atoms with van der Waals surface area (Å²) in [5, 5.41) is 11.5. The van der Waals surface area contributed by atoms with Crippen LogP contribution in [0.2, 0.25) is 0 Å². The maximum atomic E-state index is 13.8. The molecule has 2 amide bonds. The van der Waals surface area contributed by atoms with E-state index < -0.39 is 11.6 Å². The fourth-order valence-electron chi connectivity index (χ4n) is 3.97. The second-order valence-electron chi connectivity index (χ2n) is 9.36. The van der Waals surface area contributed by atoms with Gasteiger partial charge in [-0.1, -0.05) is 48.5 Å². The Kier molecular flexibility index (Phi) is 8.98. The first kappa shape index (κ1) is 26.3. The van der Waals surface area contributed by atoms with Crippen LogP contribution in [0, 0.1) is 6.92 Å². The standard InChI is InChI=1S/C27H37N5O3/c1-6-27(4,5)28-26(34)25(21-14-9-8-13-20(21)3)31(17-12-18-35-7-2)24(33)19-32-23-16-11-10-15-22(23)29-30-32/h8-11,13-16,25H,6-7,12,17-19H2,1-5H3,(H,28,34)/t25-/m0/s1. The molecule has 0 unspecified atom stereocenters. The van der Waals surface area contributed by atoms with Gasteiger partial charge in [-0.05, 0) is 63.8 Å². The fraction of sp³-hybridized carbons (Fsp3) is 0.481. The lowest BCUT2D eigenvalue weighted by Crippen LogP contribution is -2.51. The SMILES string of the molecule is CCOCCCN(C(=O)Cn1nnc2ccccc21)[C@H](C(=O)NC(C)(C)CC)c1ccccc1C. The Hall–Kier alpha value is -3.26. The van der Waals surface area contributed by atoms with Gasteiger partial charge in [-0.25, -0.2) is 4.68 Å². The minimum atomic E-state index is -0.772. The largest absolute Gasteiger partial charge is 0.382 e. The number of hydrogen-bond donors (Lipinski definition) is 1. The monoisotopic (exact) mass is 479 g/mol. The van der Waals surface area contributed by atoms with Gasteiger partial charge >= 0.3 is 0 Å². The zero-order chi connectivity index (χ0) is 25.4. The number of amides is 2. The van der Waals surface area contributed by atoms with Crippen molar-refractivity contribution in [2.24, 2.45) is 0 Å². The first-order valence-corrected chi connectivity index (χ1v) is 12.3. The van der Waals surface area contributed by atoms with Gasteiger partial charge in [0, 0.05) is 25.3 Å². The van der Waals surface area contributed by atoms with Gasteiger partial charge in [-0.2, -0.15) is 0 Å². The predicted octanol–water partition coefficient (Wildman–Crippen LogP) is 4.04. The van der Waals surface area contributed by atoms with Crippen LogP contribution < -0.4 is 5.32 Å². The highest BCUT2D eigenvalue weighted by Gasteiger charge is 2.34. The minimum absolute atomic E-state index is 0.0119. The molecule has 188 valence electrons. The number of benzene rings is 2. The van der Waals surface area contributed by atoms with Crippen LogP contribution in [0.1, 0.15) is 57.7 Å². The molecule has 8 nitrogen and oxygen atoms in total. The molecule has 1 N–H and O–H groups in total. The number of hydrogen-bond acceptors (Lipinski definition) is 5. The van der Waals surface area contributed by atoms with Gasteiger partial charge in [0.1, 0.15) is 18.1 Å². The van der Waals surface area contributed by atoms with Gasteiger partial charge in [-0.3, -0.25) is 9.59 Å². The molecule has 3 rings (SSSR count). The maximum Gasteiger partial charge on any atom is 0.247 e. The third-order valence-electron chi connectivity index (χ3n) is 6.31. The molecule has 0 saturated carbocycles. The number of ether oxygens (including phenoxy) is 1. The molecule has 3 aromatic rings. The Labute approximate surface area is 207 Å². The number of fused-ring (bicyclic) bond motifs is 1. The Balaban J connectivity index is 1.99. The van der Waals surface area contributed by atoms with Crippen molar-refractivity contribution in [3.8, 4) is 0 Å². The van der Waals surface area contributed by atoms with E-state index in [4.69, 9.17) is 4.74 Å². The minimum Gasteiger partial charge on any atom is -0.382 e. The van der Waals surface area contributed by atoms with Crippen LogP contribution in [0.25, 0.3) is 11.0 Å². The number of rotatable bonds is 12. The number of nitrogens with zero attached hydrogens (tertiary/aromatic N) is 4. The van der Waals surface area contributed by atoms with Crippen LogP contribution in [0.4, 0.5) is 0 Å². The molecule has 0 saturated heterocycles. The van der Waals surface area contributed by atoms with E-state index in [1.54, 1.807) is 9.58 Å². The van der Waals surface area contributed by atoms with E-state index in [9.17, 15) is 9.59 Å². The normalized spacial score (nSPS) is 12.5. The first-order valence-electron chi connectivity index (χ1n) is 12.3. The van der Waals surface area contributed by atoms with Crippen molar-refractivity contribution in [3.63, 3.8) is 0 Å². The Morgan fingerprint density at radius 2 is 1.83 bits per heavy atom. The van der Waals surface area contributed by atoms with Crippen molar-refractivity contribution in [3.05, 3.63) is 59.7 Å². The smallest absolute Gasteiger partial charge is 0.247 e. The summed E-state index contributed by atoms with van der Waals surface area (Å²) in [4.78, 5) is 29.2. The average molecular weight is 480 g/mol. The summed E-state index contributed by atoms with van der Waals surface area (Å²) in [5.74, 6) is -0.394. The second kappa shape index (κ2) is 11.9. The number of aryl methyl sites for hydroxylation is 1. The first-order chi connectivity index (χ1) is 16.8. The van der Waals surface area contributed by atoms with Crippen LogP contribution in [0.15, 0.2) is 48.5 Å². The van der Waals surface area contributed by atoms with Crippen LogP contribution in [-0.4, -0.2) is 57.0 Å². The van der Waals surface area contributed by atoms with Gasteiger partial charge < -0.3 is 15.0 Å². The number of nitrogens with one attached hydrogen (secondary N) is 1. The van der Waals surface area contributed by atoms with E-state index in [-0.39, 0.29) is 18.4 Å². The predicted molar refractivity (Wildman–Crippen MR) is 137 cm³/mol. The number of para-hydroxylation sites is 1. The molecule has 0 aliphatic heterocycles. The Morgan fingerprint density at radius 1 is 1.11 bits per heavy atom. The van der Waals surface area contributed by atoms with Crippen LogP contribution in [0.3, 0.4) is 0 Å². The van der Waals surface area contributed by atoms with Gasteiger partial charge in [0.15, 0.2) is 0 Å². The van der Waals surface area contributed by atoms with E-state index in [1.165, 1.54) is 0 Å². The molecule has 0 aliphatic carbocycles. The van der Waals surface area contributed by atoms with Crippen LogP contribution >= 0.6 is 0 Å². The molecule has 35 heavy (non-hydrogen) atoms. The molecule has 8 heteroatoms. The summed E-state index contributed by atoms with van der Waals surface area (Å²) in [6, 6.07) is 14.5. The molecule has 0 spiro atoms. The lowest BCUT2D eigenvalue weighted by atomic mass is 9.96. The summed E-state index contributed by atoms with van der Waals surface area (Å²) in [6.07, 6.45) is 1.38. The highest BCUT2D eigenvalue weighted by atomic mass is 16.5. The van der Waals surface area contributed by atoms with Gasteiger partial charge in [0.25, 0.3) is 0 Å².